The third-order valence-electron chi connectivity index (χ3n) is 1.76. The molecule has 0 radical (unpaired) electrons. The molecule has 2 rings (SSSR count). The maximum Gasteiger partial charge on any atom is 0.295 e. The number of hydrogen-bond donors (Lipinski definition) is 2. The van der Waals surface area contributed by atoms with Crippen molar-refractivity contribution in [3.8, 4) is 11.7 Å². The van der Waals surface area contributed by atoms with E-state index >= 15 is 0 Å². The molecule has 0 atom stereocenters. The molecule has 0 bridgehead atoms. The number of aromatic amines is 1. The second-order valence-electron chi connectivity index (χ2n) is 3.66. The monoisotopic (exact) mass is 208 g/mol. The molecule has 2 heterocycles. The maximum atomic E-state index is 5.36. The minimum atomic E-state index is 0.161. The van der Waals surface area contributed by atoms with E-state index in [1.54, 1.807) is 0 Å². The first-order valence-corrected chi connectivity index (χ1v) is 4.66. The highest BCUT2D eigenvalue weighted by Crippen LogP contribution is 2.13. The first kappa shape index (κ1) is 9.63. The highest BCUT2D eigenvalue weighted by Gasteiger charge is 2.13. The average molecular weight is 208 g/mol. The topological polar surface area (TPSA) is 107 Å². The fourth-order valence-electron chi connectivity index (χ4n) is 1.17. The molecule has 2 aromatic rings. The van der Waals surface area contributed by atoms with Crippen LogP contribution in [-0.2, 0) is 6.42 Å². The second kappa shape index (κ2) is 3.68. The standard InChI is InChI=1S/C8H12N6O/c1-4(2)3-5-10-7(15-14-5)6-11-8(9)13-12-6/h4H,3H2,1-2H3,(H3,9,11,12,13). The first-order chi connectivity index (χ1) is 7.15. The van der Waals surface area contributed by atoms with Crippen molar-refractivity contribution in [3.05, 3.63) is 5.82 Å². The lowest BCUT2D eigenvalue weighted by Crippen LogP contribution is -1.95. The lowest BCUT2D eigenvalue weighted by molar-refractivity contribution is 0.415. The molecule has 3 N–H and O–H groups in total. The Labute approximate surface area is 86.1 Å². The molecule has 0 aliphatic rings. The van der Waals surface area contributed by atoms with Crippen molar-refractivity contribution in [3.63, 3.8) is 0 Å². The van der Waals surface area contributed by atoms with Crippen molar-refractivity contribution in [2.45, 2.75) is 20.3 Å². The van der Waals surface area contributed by atoms with Crippen molar-refractivity contribution in [1.82, 2.24) is 25.3 Å². The van der Waals surface area contributed by atoms with Gasteiger partial charge in [-0.3, -0.25) is 5.10 Å². The SMILES string of the molecule is CC(C)Cc1noc(-c2nc(N)n[nH]2)n1. The number of nitrogen functional groups attached to an aromatic ring is 1. The van der Waals surface area contributed by atoms with Crippen LogP contribution in [0, 0.1) is 5.92 Å². The summed E-state index contributed by atoms with van der Waals surface area (Å²) in [7, 11) is 0. The number of nitrogens with one attached hydrogen (secondary N) is 1. The fourth-order valence-corrected chi connectivity index (χ4v) is 1.17. The minimum Gasteiger partial charge on any atom is -0.366 e. The van der Waals surface area contributed by atoms with E-state index in [4.69, 9.17) is 10.3 Å². The Morgan fingerprint density at radius 3 is 2.80 bits per heavy atom. The number of H-pyrrole nitrogens is 1. The molecular formula is C8H12N6O. The van der Waals surface area contributed by atoms with E-state index in [-0.39, 0.29) is 5.95 Å². The van der Waals surface area contributed by atoms with Crippen LogP contribution >= 0.6 is 0 Å². The highest BCUT2D eigenvalue weighted by atomic mass is 16.5. The number of nitrogens with zero attached hydrogens (tertiary/aromatic N) is 4. The number of hydrogen-bond acceptors (Lipinski definition) is 6. The molecule has 80 valence electrons. The van der Waals surface area contributed by atoms with E-state index < -0.39 is 0 Å². The molecule has 0 fully saturated rings. The zero-order chi connectivity index (χ0) is 10.8. The summed E-state index contributed by atoms with van der Waals surface area (Å²) in [5.41, 5.74) is 5.36. The molecule has 0 saturated carbocycles. The molecular weight excluding hydrogens is 196 g/mol. The average Bonchev–Trinajstić information content (AvgIpc) is 2.72. The Bertz CT molecular complexity index is 445. The Morgan fingerprint density at radius 1 is 1.40 bits per heavy atom. The first-order valence-electron chi connectivity index (χ1n) is 4.66. The van der Waals surface area contributed by atoms with Gasteiger partial charge in [-0.25, -0.2) is 0 Å². The van der Waals surface area contributed by atoms with Gasteiger partial charge in [-0.2, -0.15) is 9.97 Å². The van der Waals surface area contributed by atoms with Crippen LogP contribution < -0.4 is 5.73 Å². The molecule has 7 heteroatoms. The van der Waals surface area contributed by atoms with Gasteiger partial charge in [-0.15, -0.1) is 5.10 Å². The summed E-state index contributed by atoms with van der Waals surface area (Å²) in [6.45, 7) is 4.17. The summed E-state index contributed by atoms with van der Waals surface area (Å²) < 4.78 is 5.01. The molecule has 7 nitrogen and oxygen atoms in total. The summed E-state index contributed by atoms with van der Waals surface area (Å²) in [6, 6.07) is 0. The second-order valence-corrected chi connectivity index (χ2v) is 3.66. The van der Waals surface area contributed by atoms with Gasteiger partial charge < -0.3 is 10.3 Å². The molecule has 15 heavy (non-hydrogen) atoms. The number of nitrogens with two attached hydrogens (primary N) is 1. The molecule has 0 aliphatic heterocycles. The number of rotatable bonds is 3. The van der Waals surface area contributed by atoms with E-state index in [2.05, 4.69) is 39.2 Å². The molecule has 0 aliphatic carbocycles. The predicted octanol–water partition coefficient (Wildman–Crippen LogP) is 0.635. The summed E-state index contributed by atoms with van der Waals surface area (Å²) in [6.07, 6.45) is 0.771. The van der Waals surface area contributed by atoms with Crippen LogP contribution in [0.25, 0.3) is 11.7 Å². The van der Waals surface area contributed by atoms with Crippen molar-refractivity contribution >= 4 is 5.95 Å². The highest BCUT2D eigenvalue weighted by molar-refractivity contribution is 5.41. The van der Waals surface area contributed by atoms with Crippen LogP contribution in [0.3, 0.4) is 0 Å². The van der Waals surface area contributed by atoms with E-state index in [0.717, 1.165) is 6.42 Å². The molecule has 0 amide bonds. The fraction of sp³-hybridized carbons (Fsp3) is 0.500. The lowest BCUT2D eigenvalue weighted by atomic mass is 10.1. The van der Waals surface area contributed by atoms with Crippen LogP contribution in [0.1, 0.15) is 19.7 Å². The third kappa shape index (κ3) is 2.12. The zero-order valence-corrected chi connectivity index (χ0v) is 8.56. The van der Waals surface area contributed by atoms with Crippen molar-refractivity contribution < 1.29 is 4.52 Å². The van der Waals surface area contributed by atoms with Crippen LogP contribution in [0.15, 0.2) is 4.52 Å². The summed E-state index contributed by atoms with van der Waals surface area (Å²) in [5, 5.41) is 10.1. The quantitative estimate of drug-likeness (QED) is 0.766. The molecule has 2 aromatic heterocycles. The van der Waals surface area contributed by atoms with Crippen molar-refractivity contribution in [1.29, 1.82) is 0 Å². The maximum absolute atomic E-state index is 5.36. The van der Waals surface area contributed by atoms with Gasteiger partial charge in [-0.05, 0) is 5.92 Å². The van der Waals surface area contributed by atoms with E-state index in [1.165, 1.54) is 0 Å². The van der Waals surface area contributed by atoms with Gasteiger partial charge >= 0.3 is 0 Å². The summed E-state index contributed by atoms with van der Waals surface area (Å²) in [5.74, 6) is 2.02. The van der Waals surface area contributed by atoms with Crippen LogP contribution in [0.4, 0.5) is 5.95 Å². The normalized spacial score (nSPS) is 11.1. The van der Waals surface area contributed by atoms with Gasteiger partial charge in [0.05, 0.1) is 0 Å². The third-order valence-corrected chi connectivity index (χ3v) is 1.76. The summed E-state index contributed by atoms with van der Waals surface area (Å²) >= 11 is 0. The molecule has 0 spiro atoms. The van der Waals surface area contributed by atoms with Gasteiger partial charge in [0.25, 0.3) is 5.89 Å². The molecule has 0 unspecified atom stereocenters. The van der Waals surface area contributed by atoms with Gasteiger partial charge in [0.15, 0.2) is 5.82 Å². The smallest absolute Gasteiger partial charge is 0.295 e. The van der Waals surface area contributed by atoms with Gasteiger partial charge in [-0.1, -0.05) is 19.0 Å². The minimum absolute atomic E-state index is 0.161. The lowest BCUT2D eigenvalue weighted by Gasteiger charge is -1.95. The van der Waals surface area contributed by atoms with E-state index in [9.17, 15) is 0 Å². The predicted molar refractivity (Wildman–Crippen MR) is 52.6 cm³/mol. The van der Waals surface area contributed by atoms with Crippen LogP contribution in [-0.4, -0.2) is 25.3 Å². The Balaban J connectivity index is 2.20. The Morgan fingerprint density at radius 2 is 2.20 bits per heavy atom. The molecule has 0 aromatic carbocycles. The zero-order valence-electron chi connectivity index (χ0n) is 8.56. The van der Waals surface area contributed by atoms with Crippen LogP contribution in [0.5, 0.6) is 0 Å². The largest absolute Gasteiger partial charge is 0.366 e. The summed E-state index contributed by atoms with van der Waals surface area (Å²) in [4.78, 5) is 8.06. The van der Waals surface area contributed by atoms with E-state index in [0.29, 0.717) is 23.5 Å². The van der Waals surface area contributed by atoms with Gasteiger partial charge in [0.2, 0.25) is 11.8 Å². The number of anilines is 1. The van der Waals surface area contributed by atoms with Gasteiger partial charge in [0, 0.05) is 6.42 Å². The van der Waals surface area contributed by atoms with Gasteiger partial charge in [0.1, 0.15) is 0 Å². The van der Waals surface area contributed by atoms with E-state index in [1.807, 2.05) is 0 Å². The van der Waals surface area contributed by atoms with Crippen molar-refractivity contribution in [2.24, 2.45) is 5.92 Å². The molecule has 0 saturated heterocycles. The number of aromatic nitrogens is 5. The Hall–Kier alpha value is -1.92. The van der Waals surface area contributed by atoms with Crippen LogP contribution in [0.2, 0.25) is 0 Å². The van der Waals surface area contributed by atoms with Crippen molar-refractivity contribution in [2.75, 3.05) is 5.73 Å². The Kier molecular flexibility index (Phi) is 2.36.